The van der Waals surface area contributed by atoms with Gasteiger partial charge in [0.05, 0.1) is 6.61 Å². The molecular formula is C24H29F5NO4P. The Balaban J connectivity index is 2.18. The number of esters is 1. The lowest BCUT2D eigenvalue weighted by Crippen LogP contribution is -2.25. The van der Waals surface area contributed by atoms with Gasteiger partial charge in [-0.15, -0.1) is 0 Å². The van der Waals surface area contributed by atoms with Gasteiger partial charge >= 0.3 is 14.5 Å². The summed E-state index contributed by atoms with van der Waals surface area (Å²) in [6, 6.07) is 6.63. The van der Waals surface area contributed by atoms with Crippen molar-refractivity contribution >= 4 is 14.5 Å². The van der Waals surface area contributed by atoms with Gasteiger partial charge in [0.1, 0.15) is 12.3 Å². The molecular weight excluding hydrogens is 492 g/mol. The summed E-state index contributed by atoms with van der Waals surface area (Å²) in [6.45, 7) is 7.74. The average Bonchev–Trinajstić information content (AvgIpc) is 2.82. The number of rotatable bonds is 12. The molecule has 0 saturated carbocycles. The lowest BCUT2D eigenvalue weighted by atomic mass is 9.87. The molecule has 0 amide bonds. The number of benzene rings is 2. The Labute approximate surface area is 202 Å². The summed E-state index contributed by atoms with van der Waals surface area (Å²) in [5.74, 6) is -12.9. The number of unbranched alkanes of at least 4 members (excludes halogenated alkanes) is 3. The van der Waals surface area contributed by atoms with Crippen LogP contribution in [0.25, 0.3) is 0 Å². The minimum atomic E-state index is -2.56. The molecule has 194 valence electrons. The molecule has 0 aliphatic rings. The number of carbonyl (C=O) groups is 1. The number of hydrogen-bond acceptors (Lipinski definition) is 5. The fraction of sp³-hybridized carbons (Fsp3) is 0.458. The number of hydrogen-bond donors (Lipinski definition) is 1. The van der Waals surface area contributed by atoms with E-state index in [0.29, 0.717) is 6.42 Å². The van der Waals surface area contributed by atoms with E-state index in [1.165, 1.54) is 0 Å². The first-order valence-corrected chi connectivity index (χ1v) is 12.3. The molecule has 2 rings (SSSR count). The van der Waals surface area contributed by atoms with Crippen molar-refractivity contribution in [2.75, 3.05) is 13.2 Å². The van der Waals surface area contributed by atoms with E-state index < -0.39 is 55.9 Å². The van der Waals surface area contributed by atoms with Crippen molar-refractivity contribution in [1.82, 2.24) is 5.09 Å². The Morgan fingerprint density at radius 2 is 1.43 bits per heavy atom. The fourth-order valence-corrected chi connectivity index (χ4v) is 3.90. The van der Waals surface area contributed by atoms with Gasteiger partial charge in [-0.2, -0.15) is 8.78 Å². The number of nitrogens with one attached hydrogen (secondary N) is 1. The van der Waals surface area contributed by atoms with E-state index in [2.05, 4.69) is 5.09 Å². The van der Waals surface area contributed by atoms with E-state index in [-0.39, 0.29) is 17.8 Å². The lowest BCUT2D eigenvalue weighted by molar-refractivity contribution is -0.142. The highest BCUT2D eigenvalue weighted by atomic mass is 31.2. The van der Waals surface area contributed by atoms with Gasteiger partial charge in [-0.1, -0.05) is 59.1 Å². The summed E-state index contributed by atoms with van der Waals surface area (Å²) in [6.07, 6.45) is 3.58. The van der Waals surface area contributed by atoms with Gasteiger partial charge in [0.15, 0.2) is 0 Å². The zero-order valence-electron chi connectivity index (χ0n) is 20.0. The van der Waals surface area contributed by atoms with Crippen LogP contribution in [0, 0.1) is 29.1 Å². The van der Waals surface area contributed by atoms with Gasteiger partial charge in [-0.25, -0.2) is 18.3 Å². The predicted octanol–water partition coefficient (Wildman–Crippen LogP) is 7.08. The quantitative estimate of drug-likeness (QED) is 0.0808. The van der Waals surface area contributed by atoms with Gasteiger partial charge in [-0.3, -0.25) is 4.79 Å². The van der Waals surface area contributed by atoms with E-state index in [1.807, 2.05) is 27.7 Å². The molecule has 0 aliphatic carbocycles. The Morgan fingerprint density at radius 3 is 1.97 bits per heavy atom. The highest BCUT2D eigenvalue weighted by Crippen LogP contribution is 2.41. The third kappa shape index (κ3) is 8.32. The minimum Gasteiger partial charge on any atom is -0.465 e. The maximum Gasteiger partial charge on any atom is 0.382 e. The summed E-state index contributed by atoms with van der Waals surface area (Å²) >= 11 is 0. The van der Waals surface area contributed by atoms with Gasteiger partial charge in [0.25, 0.3) is 0 Å². The SMILES string of the molecule is CCCCCCOC(=O)CNP(Oc1ccc(C(C)(C)C)cc1)Oc1c(F)c(F)c(F)c(F)c1F. The molecule has 1 unspecified atom stereocenters. The van der Waals surface area contributed by atoms with Gasteiger partial charge < -0.3 is 13.8 Å². The van der Waals surface area contributed by atoms with Crippen LogP contribution in [-0.4, -0.2) is 19.1 Å². The molecule has 1 atom stereocenters. The molecule has 11 heteroatoms. The van der Waals surface area contributed by atoms with Crippen molar-refractivity contribution in [1.29, 1.82) is 0 Å². The van der Waals surface area contributed by atoms with Crippen LogP contribution in [0.1, 0.15) is 58.9 Å². The van der Waals surface area contributed by atoms with E-state index in [1.54, 1.807) is 24.3 Å². The standard InChI is InChI=1S/C24H29F5NO4P/c1-5-6-7-8-13-32-17(31)14-30-35(33-16-11-9-15(10-12-16)24(2,3)4)34-23-21(28)19(26)18(25)20(27)22(23)29/h9-12,30H,5-8,13-14H2,1-4H3. The molecule has 0 aromatic heterocycles. The second-order valence-electron chi connectivity index (χ2n) is 8.73. The average molecular weight is 521 g/mol. The Morgan fingerprint density at radius 1 is 0.857 bits per heavy atom. The van der Waals surface area contributed by atoms with Crippen LogP contribution in [0.4, 0.5) is 22.0 Å². The number of ether oxygens (including phenoxy) is 1. The number of halogens is 5. The van der Waals surface area contributed by atoms with E-state index >= 15 is 0 Å². The predicted molar refractivity (Wildman–Crippen MR) is 123 cm³/mol. The Kier molecular flexibility index (Phi) is 10.7. The van der Waals surface area contributed by atoms with Crippen LogP contribution in [0.15, 0.2) is 24.3 Å². The van der Waals surface area contributed by atoms with Crippen molar-refractivity contribution in [2.24, 2.45) is 0 Å². The summed E-state index contributed by atoms with van der Waals surface area (Å²) in [7, 11) is -2.56. The molecule has 2 aromatic carbocycles. The molecule has 0 heterocycles. The van der Waals surface area contributed by atoms with E-state index in [4.69, 9.17) is 13.8 Å². The molecule has 0 fully saturated rings. The van der Waals surface area contributed by atoms with Crippen molar-refractivity contribution in [3.05, 3.63) is 58.9 Å². The molecule has 2 aromatic rings. The first-order chi connectivity index (χ1) is 16.5. The van der Waals surface area contributed by atoms with Gasteiger partial charge in [-0.05, 0) is 29.5 Å². The molecule has 0 bridgehead atoms. The molecule has 0 radical (unpaired) electrons. The maximum absolute atomic E-state index is 14.1. The third-order valence-electron chi connectivity index (χ3n) is 4.87. The maximum atomic E-state index is 14.1. The zero-order valence-corrected chi connectivity index (χ0v) is 20.9. The van der Waals surface area contributed by atoms with Crippen LogP contribution in [0.2, 0.25) is 0 Å². The Hall–Kier alpha value is -2.45. The molecule has 35 heavy (non-hydrogen) atoms. The molecule has 0 aliphatic heterocycles. The Bertz CT molecular complexity index is 970. The monoisotopic (exact) mass is 521 g/mol. The first kappa shape index (κ1) is 28.8. The van der Waals surface area contributed by atoms with Crippen LogP contribution >= 0.6 is 8.53 Å². The largest absolute Gasteiger partial charge is 0.465 e. The smallest absolute Gasteiger partial charge is 0.382 e. The minimum absolute atomic E-state index is 0.158. The van der Waals surface area contributed by atoms with Crippen molar-refractivity contribution < 1.29 is 40.5 Å². The summed E-state index contributed by atoms with van der Waals surface area (Å²) in [4.78, 5) is 12.0. The first-order valence-electron chi connectivity index (χ1n) is 11.1. The highest BCUT2D eigenvalue weighted by Gasteiger charge is 2.30. The van der Waals surface area contributed by atoms with Gasteiger partial charge in [0.2, 0.25) is 34.8 Å². The molecule has 1 N–H and O–H groups in total. The van der Waals surface area contributed by atoms with E-state index in [9.17, 15) is 26.7 Å². The molecule has 0 spiro atoms. The second kappa shape index (κ2) is 13.0. The lowest BCUT2D eigenvalue weighted by Gasteiger charge is -2.21. The van der Waals surface area contributed by atoms with Crippen LogP contribution in [0.5, 0.6) is 11.5 Å². The molecule has 5 nitrogen and oxygen atoms in total. The van der Waals surface area contributed by atoms with Crippen LogP contribution in [-0.2, 0) is 14.9 Å². The topological polar surface area (TPSA) is 56.8 Å². The normalized spacial score (nSPS) is 12.4. The third-order valence-corrected chi connectivity index (χ3v) is 6.01. The van der Waals surface area contributed by atoms with Crippen LogP contribution < -0.4 is 14.1 Å². The zero-order chi connectivity index (χ0) is 26.2. The highest BCUT2D eigenvalue weighted by molar-refractivity contribution is 7.45. The van der Waals surface area contributed by atoms with E-state index in [0.717, 1.165) is 24.8 Å². The van der Waals surface area contributed by atoms with Crippen LogP contribution in [0.3, 0.4) is 0 Å². The van der Waals surface area contributed by atoms with Crippen molar-refractivity contribution in [3.8, 4) is 11.5 Å². The summed E-state index contributed by atoms with van der Waals surface area (Å²) in [5.41, 5.74) is 0.809. The van der Waals surface area contributed by atoms with Crippen molar-refractivity contribution in [2.45, 2.75) is 58.8 Å². The fourth-order valence-electron chi connectivity index (χ4n) is 2.84. The number of carbonyl (C=O) groups excluding carboxylic acids is 1. The summed E-state index contributed by atoms with van der Waals surface area (Å²) in [5, 5.41) is 2.50. The summed E-state index contributed by atoms with van der Waals surface area (Å²) < 4.78 is 84.6. The van der Waals surface area contributed by atoms with Gasteiger partial charge in [0, 0.05) is 0 Å². The molecule has 0 saturated heterocycles. The van der Waals surface area contributed by atoms with Crippen molar-refractivity contribution in [3.63, 3.8) is 0 Å². The second-order valence-corrected chi connectivity index (χ2v) is 9.92.